The highest BCUT2D eigenvalue weighted by Gasteiger charge is 2.15. The van der Waals surface area contributed by atoms with E-state index in [9.17, 15) is 14.4 Å². The molecule has 1 N–H and O–H groups in total. The van der Waals surface area contributed by atoms with Crippen molar-refractivity contribution in [3.05, 3.63) is 50.1 Å². The lowest BCUT2D eigenvalue weighted by molar-refractivity contribution is -0.147. The Hall–Kier alpha value is -2.62. The number of benzene rings is 1. The average Bonchev–Trinajstić information content (AvgIpc) is 3.00. The molecule has 0 saturated heterocycles. The Bertz CT molecular complexity index is 1120. The van der Waals surface area contributed by atoms with Gasteiger partial charge in [-0.3, -0.25) is 23.6 Å². The summed E-state index contributed by atoms with van der Waals surface area (Å²) in [6.07, 6.45) is 2.57. The van der Waals surface area contributed by atoms with E-state index in [4.69, 9.17) is 39.5 Å². The highest BCUT2D eigenvalue weighted by atomic mass is 35.5. The fourth-order valence-electron chi connectivity index (χ4n) is 2.35. The van der Waals surface area contributed by atoms with E-state index >= 15 is 0 Å². The van der Waals surface area contributed by atoms with E-state index in [1.54, 1.807) is 7.05 Å². The number of hydrogen-bond acceptors (Lipinski definition) is 6. The molecule has 0 atom stereocenters. The van der Waals surface area contributed by atoms with Gasteiger partial charge in [-0.15, -0.1) is 0 Å². The first-order chi connectivity index (χ1) is 13.3. The molecule has 3 aromatic rings. The summed E-state index contributed by atoms with van der Waals surface area (Å²) in [5, 5.41) is 7.22. The number of anilines is 1. The summed E-state index contributed by atoms with van der Waals surface area (Å²) in [5.41, 5.74) is 0.0983. The number of nitrogens with zero attached hydrogens (tertiary/aromatic N) is 4. The summed E-state index contributed by atoms with van der Waals surface area (Å²) in [7, 11) is 1.64. The Morgan fingerprint density at radius 3 is 2.57 bits per heavy atom. The summed E-state index contributed by atoms with van der Waals surface area (Å²) in [4.78, 5) is 40.3. The van der Waals surface area contributed by atoms with Crippen LogP contribution >= 0.6 is 34.8 Å². The monoisotopic (exact) mass is 443 g/mol. The van der Waals surface area contributed by atoms with Gasteiger partial charge in [0.05, 0.1) is 21.9 Å². The predicted octanol–water partition coefficient (Wildman–Crippen LogP) is 2.27. The van der Waals surface area contributed by atoms with Gasteiger partial charge in [0.25, 0.3) is 11.5 Å². The van der Waals surface area contributed by atoms with Gasteiger partial charge in [0.2, 0.25) is 0 Å². The molecule has 0 unspecified atom stereocenters. The number of rotatable bonds is 5. The van der Waals surface area contributed by atoms with Gasteiger partial charge in [-0.05, 0) is 12.1 Å². The second-order valence-electron chi connectivity index (χ2n) is 5.64. The van der Waals surface area contributed by atoms with Crippen LogP contribution < -0.4 is 10.9 Å². The lowest BCUT2D eigenvalue weighted by Crippen LogP contribution is -2.28. The minimum absolute atomic E-state index is 0.138. The van der Waals surface area contributed by atoms with Crippen LogP contribution in [0.25, 0.3) is 11.0 Å². The van der Waals surface area contributed by atoms with Crippen molar-refractivity contribution < 1.29 is 14.3 Å². The summed E-state index contributed by atoms with van der Waals surface area (Å²) in [5.74, 6) is -1.46. The lowest BCUT2D eigenvalue weighted by atomic mass is 10.3. The van der Waals surface area contributed by atoms with Crippen molar-refractivity contribution in [3.63, 3.8) is 0 Å². The van der Waals surface area contributed by atoms with Crippen LogP contribution in [0.15, 0.2) is 29.5 Å². The molecule has 9 nitrogen and oxygen atoms in total. The standard InChI is InChI=1S/C16H12Cl3N5O4/c1-23-15-9(4-21-23)16(27)24(7-20-15)5-13(26)28-6-12(25)22-14-10(18)2-8(17)3-11(14)19/h2-4,7H,5-6H2,1H3,(H,22,25). The Kier molecular flexibility index (Phi) is 5.87. The Morgan fingerprint density at radius 2 is 1.89 bits per heavy atom. The van der Waals surface area contributed by atoms with Crippen LogP contribution in [-0.2, 0) is 27.9 Å². The van der Waals surface area contributed by atoms with E-state index in [0.29, 0.717) is 10.7 Å². The molecule has 0 aliphatic heterocycles. The second-order valence-corrected chi connectivity index (χ2v) is 6.89. The summed E-state index contributed by atoms with van der Waals surface area (Å²) in [6, 6.07) is 2.81. The van der Waals surface area contributed by atoms with E-state index in [0.717, 1.165) is 4.57 Å². The Balaban J connectivity index is 1.61. The third kappa shape index (κ3) is 4.27. The molecule has 0 saturated carbocycles. The number of carbonyl (C=O) groups excluding carboxylic acids is 2. The predicted molar refractivity (Wildman–Crippen MR) is 104 cm³/mol. The van der Waals surface area contributed by atoms with Crippen molar-refractivity contribution in [2.45, 2.75) is 6.54 Å². The van der Waals surface area contributed by atoms with Crippen LogP contribution in [0.2, 0.25) is 15.1 Å². The molecular formula is C16H12Cl3N5O4. The van der Waals surface area contributed by atoms with Gasteiger partial charge in [-0.25, -0.2) is 4.98 Å². The number of halogens is 3. The highest BCUT2D eigenvalue weighted by molar-refractivity contribution is 6.42. The first-order valence-electron chi connectivity index (χ1n) is 7.73. The number of aromatic nitrogens is 4. The number of nitrogens with one attached hydrogen (secondary N) is 1. The van der Waals surface area contributed by atoms with Crippen LogP contribution in [-0.4, -0.2) is 37.8 Å². The molecule has 2 aromatic heterocycles. The maximum Gasteiger partial charge on any atom is 0.326 e. The lowest BCUT2D eigenvalue weighted by Gasteiger charge is -2.10. The molecule has 0 aliphatic rings. The van der Waals surface area contributed by atoms with Crippen molar-refractivity contribution in [3.8, 4) is 0 Å². The topological polar surface area (TPSA) is 108 Å². The van der Waals surface area contributed by atoms with E-state index in [1.165, 1.54) is 29.3 Å². The van der Waals surface area contributed by atoms with Crippen LogP contribution in [0.4, 0.5) is 5.69 Å². The van der Waals surface area contributed by atoms with E-state index in [-0.39, 0.29) is 21.1 Å². The second kappa shape index (κ2) is 8.17. The van der Waals surface area contributed by atoms with Crippen LogP contribution in [0.3, 0.4) is 0 Å². The third-order valence-electron chi connectivity index (χ3n) is 3.65. The molecule has 1 amide bonds. The molecule has 3 rings (SSSR count). The number of aryl methyl sites for hydroxylation is 1. The van der Waals surface area contributed by atoms with E-state index < -0.39 is 30.6 Å². The fourth-order valence-corrected chi connectivity index (χ4v) is 3.26. The van der Waals surface area contributed by atoms with Crippen molar-refractivity contribution in [1.29, 1.82) is 0 Å². The summed E-state index contributed by atoms with van der Waals surface area (Å²) < 4.78 is 7.39. The first-order valence-corrected chi connectivity index (χ1v) is 8.87. The number of carbonyl (C=O) groups is 2. The van der Waals surface area contributed by atoms with E-state index in [1.807, 2.05) is 0 Å². The molecule has 0 aliphatic carbocycles. The quantitative estimate of drug-likeness (QED) is 0.605. The maximum absolute atomic E-state index is 12.3. The van der Waals surface area contributed by atoms with Gasteiger partial charge in [-0.1, -0.05) is 34.8 Å². The molecule has 146 valence electrons. The Morgan fingerprint density at radius 1 is 1.21 bits per heavy atom. The SMILES string of the molecule is Cn1ncc2c(=O)n(CC(=O)OCC(=O)Nc3c(Cl)cc(Cl)cc3Cl)cnc21. The zero-order valence-electron chi connectivity index (χ0n) is 14.3. The van der Waals surface area contributed by atoms with Crippen molar-refractivity contribution >= 4 is 63.4 Å². The molecule has 0 bridgehead atoms. The minimum Gasteiger partial charge on any atom is -0.454 e. The highest BCUT2D eigenvalue weighted by Crippen LogP contribution is 2.33. The van der Waals surface area contributed by atoms with Crippen LogP contribution in [0.1, 0.15) is 0 Å². The largest absolute Gasteiger partial charge is 0.454 e. The average molecular weight is 445 g/mol. The van der Waals surface area contributed by atoms with Crippen molar-refractivity contribution in [1.82, 2.24) is 19.3 Å². The molecule has 2 heterocycles. The molecule has 0 fully saturated rings. The van der Waals surface area contributed by atoms with Gasteiger partial charge in [-0.2, -0.15) is 5.10 Å². The van der Waals surface area contributed by atoms with Crippen LogP contribution in [0, 0.1) is 0 Å². The molecular weight excluding hydrogens is 433 g/mol. The zero-order valence-corrected chi connectivity index (χ0v) is 16.5. The van der Waals surface area contributed by atoms with E-state index in [2.05, 4.69) is 15.4 Å². The number of hydrogen-bond donors (Lipinski definition) is 1. The normalized spacial score (nSPS) is 10.9. The molecule has 12 heteroatoms. The first kappa shape index (κ1) is 20.1. The number of esters is 1. The van der Waals surface area contributed by atoms with Gasteiger partial charge < -0.3 is 10.1 Å². The zero-order chi connectivity index (χ0) is 20.4. The minimum atomic E-state index is -0.796. The van der Waals surface area contributed by atoms with Gasteiger partial charge in [0, 0.05) is 12.1 Å². The number of ether oxygens (including phenoxy) is 1. The third-order valence-corrected chi connectivity index (χ3v) is 4.47. The molecule has 0 spiro atoms. The van der Waals surface area contributed by atoms with Crippen molar-refractivity contribution in [2.75, 3.05) is 11.9 Å². The Labute approximate surface area is 172 Å². The molecule has 28 heavy (non-hydrogen) atoms. The number of fused-ring (bicyclic) bond motifs is 1. The summed E-state index contributed by atoms with van der Waals surface area (Å²) >= 11 is 17.7. The van der Waals surface area contributed by atoms with Crippen LogP contribution in [0.5, 0.6) is 0 Å². The molecule has 0 radical (unpaired) electrons. The van der Waals surface area contributed by atoms with Gasteiger partial charge >= 0.3 is 5.97 Å². The van der Waals surface area contributed by atoms with Crippen molar-refractivity contribution in [2.24, 2.45) is 7.05 Å². The van der Waals surface area contributed by atoms with Gasteiger partial charge in [0.1, 0.15) is 18.3 Å². The number of amides is 1. The molecule has 1 aromatic carbocycles. The maximum atomic E-state index is 12.3. The summed E-state index contributed by atoms with van der Waals surface area (Å²) in [6.45, 7) is -1.00. The fraction of sp³-hybridized carbons (Fsp3) is 0.188. The smallest absolute Gasteiger partial charge is 0.326 e. The van der Waals surface area contributed by atoms with Gasteiger partial charge in [0.15, 0.2) is 12.3 Å².